The lowest BCUT2D eigenvalue weighted by molar-refractivity contribution is -0.136. The molecule has 3 rings (SSSR count). The number of unbranched alkanes of at least 4 members (excludes halogenated alkanes) is 7. The number of aryl methyl sites for hydroxylation is 1. The number of amides is 2. The van der Waals surface area contributed by atoms with Gasteiger partial charge in [-0.05, 0) is 61.8 Å². The second kappa shape index (κ2) is 19.4. The molecule has 2 unspecified atom stereocenters. The number of carbonyl (C=O) groups excluding carboxylic acids is 2. The van der Waals surface area contributed by atoms with Crippen molar-refractivity contribution >= 4 is 29.5 Å². The Balaban J connectivity index is 1.59. The first-order valence-corrected chi connectivity index (χ1v) is 17.1. The lowest BCUT2D eigenvalue weighted by Gasteiger charge is -2.24. The molecular formula is C35H50N2O5S. The molecule has 1 heterocycles. The number of thioether (sulfide) groups is 1. The van der Waals surface area contributed by atoms with Crippen molar-refractivity contribution in [1.82, 2.24) is 9.80 Å². The number of rotatable bonds is 21. The highest BCUT2D eigenvalue weighted by Crippen LogP contribution is 2.37. The van der Waals surface area contributed by atoms with Crippen molar-refractivity contribution in [3.63, 3.8) is 0 Å². The summed E-state index contributed by atoms with van der Waals surface area (Å²) in [5.41, 5.74) is 2.45. The molecule has 43 heavy (non-hydrogen) atoms. The molecule has 2 aromatic rings. The van der Waals surface area contributed by atoms with Crippen LogP contribution in [0.2, 0.25) is 0 Å². The summed E-state index contributed by atoms with van der Waals surface area (Å²) in [6.45, 7) is 4.08. The van der Waals surface area contributed by atoms with Crippen LogP contribution in [0, 0.1) is 0 Å². The fourth-order valence-electron chi connectivity index (χ4n) is 5.58. The number of nitrogens with zero attached hydrogens (tertiary/aromatic N) is 2. The van der Waals surface area contributed by atoms with E-state index in [-0.39, 0.29) is 41.0 Å². The smallest absolute Gasteiger partial charge is 0.335 e. The molecule has 7 nitrogen and oxygen atoms in total. The largest absolute Gasteiger partial charge is 0.478 e. The highest BCUT2D eigenvalue weighted by Gasteiger charge is 2.40. The van der Waals surface area contributed by atoms with Crippen LogP contribution in [0.15, 0.2) is 54.6 Å². The number of hydrogen-bond acceptors (Lipinski definition) is 5. The van der Waals surface area contributed by atoms with Gasteiger partial charge in [0.25, 0.3) is 0 Å². The van der Waals surface area contributed by atoms with E-state index in [4.69, 9.17) is 5.11 Å². The monoisotopic (exact) mass is 610 g/mol. The van der Waals surface area contributed by atoms with E-state index >= 15 is 0 Å². The van der Waals surface area contributed by atoms with Crippen molar-refractivity contribution in [2.75, 3.05) is 19.7 Å². The van der Waals surface area contributed by atoms with Gasteiger partial charge < -0.3 is 20.0 Å². The summed E-state index contributed by atoms with van der Waals surface area (Å²) >= 11 is 1.67. The van der Waals surface area contributed by atoms with Crippen molar-refractivity contribution in [3.8, 4) is 0 Å². The van der Waals surface area contributed by atoms with Gasteiger partial charge in [0.1, 0.15) is 0 Å². The molecular weight excluding hydrogens is 560 g/mol. The van der Waals surface area contributed by atoms with Crippen LogP contribution in [0.25, 0.3) is 0 Å². The van der Waals surface area contributed by atoms with Crippen LogP contribution < -0.4 is 0 Å². The number of carboxylic acid groups (broad SMARTS) is 1. The average molecular weight is 611 g/mol. The maximum Gasteiger partial charge on any atom is 0.335 e. The van der Waals surface area contributed by atoms with Gasteiger partial charge in [-0.15, -0.1) is 11.8 Å². The number of aliphatic hydroxyl groups is 1. The molecule has 2 atom stereocenters. The van der Waals surface area contributed by atoms with Crippen molar-refractivity contribution in [1.29, 1.82) is 0 Å². The summed E-state index contributed by atoms with van der Waals surface area (Å²) in [7, 11) is 0. The highest BCUT2D eigenvalue weighted by atomic mass is 32.2. The molecule has 0 aromatic heterocycles. The summed E-state index contributed by atoms with van der Waals surface area (Å²) < 4.78 is 0. The molecule has 2 amide bonds. The Morgan fingerprint density at radius 1 is 0.860 bits per heavy atom. The van der Waals surface area contributed by atoms with Gasteiger partial charge in [0.15, 0.2) is 0 Å². The molecule has 1 aliphatic rings. The Labute approximate surface area is 262 Å². The zero-order valence-corrected chi connectivity index (χ0v) is 26.6. The average Bonchev–Trinajstić information content (AvgIpc) is 3.30. The second-order valence-electron chi connectivity index (χ2n) is 11.6. The molecule has 2 N–H and O–H groups in total. The topological polar surface area (TPSA) is 98.2 Å². The molecule has 1 aliphatic heterocycles. The number of benzene rings is 2. The third-order valence-electron chi connectivity index (χ3n) is 8.11. The quantitative estimate of drug-likeness (QED) is 0.149. The van der Waals surface area contributed by atoms with Crippen molar-refractivity contribution < 1.29 is 24.6 Å². The molecule has 1 fully saturated rings. The first kappa shape index (κ1) is 34.6. The normalized spacial score (nSPS) is 16.5. The molecule has 1 saturated heterocycles. The standard InChI is InChI=1S/C35H50N2O5S/c1-2-3-4-5-6-10-18-33-37(24-12-11-15-28-19-21-30(22-20-28)35(41)42)34(40)31(43-33)26-32(39)36(23-13-14-25-38)27-29-16-8-7-9-17-29/h7-9,16-17,19-22,31,33,38H,2-6,10-15,18,23-27H2,1H3,(H,41,42). The minimum atomic E-state index is -0.922. The van der Waals surface area contributed by atoms with E-state index in [1.807, 2.05) is 52.3 Å². The van der Waals surface area contributed by atoms with Crippen LogP contribution in [0.5, 0.6) is 0 Å². The first-order chi connectivity index (χ1) is 20.9. The number of carbonyl (C=O) groups is 3. The molecule has 0 saturated carbocycles. The van der Waals surface area contributed by atoms with Crippen molar-refractivity contribution in [2.45, 2.75) is 108 Å². The van der Waals surface area contributed by atoms with Gasteiger partial charge in [-0.1, -0.05) is 87.9 Å². The number of carboxylic acids is 1. The zero-order valence-electron chi connectivity index (χ0n) is 25.8. The van der Waals surface area contributed by atoms with Crippen molar-refractivity contribution in [2.24, 2.45) is 0 Å². The first-order valence-electron chi connectivity index (χ1n) is 16.1. The van der Waals surface area contributed by atoms with E-state index < -0.39 is 5.97 Å². The van der Waals surface area contributed by atoms with Gasteiger partial charge in [-0.3, -0.25) is 9.59 Å². The summed E-state index contributed by atoms with van der Waals surface area (Å²) in [5, 5.41) is 18.1. The summed E-state index contributed by atoms with van der Waals surface area (Å²) in [5.74, 6) is -0.845. The van der Waals surface area contributed by atoms with Crippen LogP contribution in [0.3, 0.4) is 0 Å². The van der Waals surface area contributed by atoms with Crippen LogP contribution in [0.1, 0.15) is 105 Å². The van der Waals surface area contributed by atoms with E-state index in [0.29, 0.717) is 26.1 Å². The lowest BCUT2D eigenvalue weighted by Crippen LogP contribution is -2.38. The minimum absolute atomic E-state index is 0.00221. The Bertz CT molecular complexity index is 1110. The Hall–Kier alpha value is -2.84. The summed E-state index contributed by atoms with van der Waals surface area (Å²) in [6.07, 6.45) is 12.4. The van der Waals surface area contributed by atoms with Crippen LogP contribution in [-0.4, -0.2) is 68.1 Å². The maximum atomic E-state index is 13.7. The summed E-state index contributed by atoms with van der Waals surface area (Å²) in [6, 6.07) is 16.9. The Kier molecular flexibility index (Phi) is 15.7. The fourth-order valence-corrected chi connectivity index (χ4v) is 7.11. The third-order valence-corrected chi connectivity index (χ3v) is 9.61. The number of aliphatic hydroxyl groups excluding tert-OH is 1. The molecule has 0 spiro atoms. The van der Waals surface area contributed by atoms with Gasteiger partial charge in [0.2, 0.25) is 11.8 Å². The van der Waals surface area contributed by atoms with Gasteiger partial charge in [0.05, 0.1) is 16.2 Å². The minimum Gasteiger partial charge on any atom is -0.478 e. The molecule has 236 valence electrons. The van der Waals surface area contributed by atoms with Crippen LogP contribution in [0.4, 0.5) is 0 Å². The number of aromatic carboxylic acids is 1. The van der Waals surface area contributed by atoms with Gasteiger partial charge >= 0.3 is 5.97 Å². The molecule has 0 bridgehead atoms. The van der Waals surface area contributed by atoms with E-state index in [2.05, 4.69) is 6.92 Å². The van der Waals surface area contributed by atoms with E-state index in [1.54, 1.807) is 23.9 Å². The molecule has 0 radical (unpaired) electrons. The van der Waals surface area contributed by atoms with Gasteiger partial charge in [-0.2, -0.15) is 0 Å². The van der Waals surface area contributed by atoms with Crippen molar-refractivity contribution in [3.05, 3.63) is 71.3 Å². The van der Waals surface area contributed by atoms with E-state index in [1.165, 1.54) is 32.1 Å². The van der Waals surface area contributed by atoms with Gasteiger partial charge in [0, 0.05) is 32.7 Å². The second-order valence-corrected chi connectivity index (χ2v) is 12.9. The third kappa shape index (κ3) is 12.0. The fraction of sp³-hybridized carbons (Fsp3) is 0.571. The SMILES string of the molecule is CCCCCCCCC1SC(CC(=O)N(CCCCO)Cc2ccccc2)C(=O)N1CCCCc1ccc(C(=O)O)cc1. The predicted molar refractivity (Wildman–Crippen MR) is 174 cm³/mol. The van der Waals surface area contributed by atoms with Crippen LogP contribution >= 0.6 is 11.8 Å². The molecule has 8 heteroatoms. The zero-order chi connectivity index (χ0) is 30.9. The lowest BCUT2D eigenvalue weighted by atomic mass is 10.1. The Morgan fingerprint density at radius 2 is 1.58 bits per heavy atom. The highest BCUT2D eigenvalue weighted by molar-refractivity contribution is 8.01. The predicted octanol–water partition coefficient (Wildman–Crippen LogP) is 6.92. The van der Waals surface area contributed by atoms with Crippen LogP contribution in [-0.2, 0) is 22.6 Å². The maximum absolute atomic E-state index is 13.7. The Morgan fingerprint density at radius 3 is 2.28 bits per heavy atom. The van der Waals surface area contributed by atoms with Gasteiger partial charge in [-0.25, -0.2) is 4.79 Å². The van der Waals surface area contributed by atoms with E-state index in [9.17, 15) is 19.5 Å². The number of hydrogen-bond donors (Lipinski definition) is 2. The molecule has 0 aliphatic carbocycles. The molecule has 2 aromatic carbocycles. The summed E-state index contributed by atoms with van der Waals surface area (Å²) in [4.78, 5) is 42.2. The van der Waals surface area contributed by atoms with E-state index in [0.717, 1.165) is 49.7 Å².